The molecule has 6 nitrogen and oxygen atoms in total. The Hall–Kier alpha value is -0.660. The third kappa shape index (κ3) is 5.38. The molecule has 1 amide bonds. The maximum absolute atomic E-state index is 12.4. The molecule has 0 radical (unpaired) electrons. The van der Waals surface area contributed by atoms with Gasteiger partial charge in [0.25, 0.3) is 0 Å². The predicted molar refractivity (Wildman–Crippen MR) is 80.0 cm³/mol. The van der Waals surface area contributed by atoms with E-state index in [1.165, 1.54) is 9.21 Å². The van der Waals surface area contributed by atoms with Crippen molar-refractivity contribution in [2.45, 2.75) is 26.2 Å². The van der Waals surface area contributed by atoms with Crippen LogP contribution >= 0.6 is 0 Å². The molecule has 1 heterocycles. The van der Waals surface area contributed by atoms with Gasteiger partial charge in [-0.05, 0) is 32.4 Å². The molecule has 1 aliphatic rings. The zero-order valence-corrected chi connectivity index (χ0v) is 13.7. The number of hydrogen-bond acceptors (Lipinski definition) is 4. The minimum atomic E-state index is -3.36. The van der Waals surface area contributed by atoms with Gasteiger partial charge in [0.15, 0.2) is 0 Å². The van der Waals surface area contributed by atoms with Gasteiger partial charge in [-0.2, -0.15) is 4.31 Å². The summed E-state index contributed by atoms with van der Waals surface area (Å²) in [4.78, 5) is 15.3. The Kier molecular flexibility index (Phi) is 6.91. The fourth-order valence-electron chi connectivity index (χ4n) is 2.24. The molecule has 0 aromatic rings. The van der Waals surface area contributed by atoms with E-state index in [2.05, 4.69) is 4.90 Å². The first-order valence-corrected chi connectivity index (χ1v) is 8.88. The molecule has 7 heteroatoms. The number of rotatable bonds is 8. The van der Waals surface area contributed by atoms with Crippen molar-refractivity contribution in [3.8, 4) is 0 Å². The van der Waals surface area contributed by atoms with E-state index in [9.17, 15) is 13.2 Å². The van der Waals surface area contributed by atoms with E-state index < -0.39 is 10.0 Å². The summed E-state index contributed by atoms with van der Waals surface area (Å²) in [6.45, 7) is 4.81. The summed E-state index contributed by atoms with van der Waals surface area (Å²) in [5.74, 6) is -0.0727. The summed E-state index contributed by atoms with van der Waals surface area (Å²) < 4.78 is 26.1. The van der Waals surface area contributed by atoms with Gasteiger partial charge < -0.3 is 9.80 Å². The molecule has 0 atom stereocenters. The van der Waals surface area contributed by atoms with Crippen molar-refractivity contribution in [2.75, 3.05) is 52.6 Å². The first kappa shape index (κ1) is 17.4. The molecule has 1 saturated heterocycles. The molecule has 1 fully saturated rings. The average Bonchev–Trinajstić information content (AvgIpc) is 2.88. The molecule has 0 unspecified atom stereocenters. The maximum Gasteiger partial charge on any atom is 0.237 e. The first-order chi connectivity index (χ1) is 9.36. The molecule has 0 bridgehead atoms. The fourth-order valence-corrected chi connectivity index (χ4v) is 3.75. The van der Waals surface area contributed by atoms with Gasteiger partial charge in [-0.3, -0.25) is 4.79 Å². The Labute approximate surface area is 122 Å². The molecular formula is C13H27N3O3S. The zero-order chi connectivity index (χ0) is 15.2. The molecule has 1 aliphatic heterocycles. The van der Waals surface area contributed by atoms with Crippen LogP contribution in [0.5, 0.6) is 0 Å². The van der Waals surface area contributed by atoms with Crippen LogP contribution in [0.25, 0.3) is 0 Å². The van der Waals surface area contributed by atoms with Crippen molar-refractivity contribution >= 4 is 15.9 Å². The lowest BCUT2D eigenvalue weighted by Gasteiger charge is -2.24. The van der Waals surface area contributed by atoms with Crippen molar-refractivity contribution in [2.24, 2.45) is 0 Å². The van der Waals surface area contributed by atoms with Gasteiger partial charge in [0, 0.05) is 27.2 Å². The van der Waals surface area contributed by atoms with Crippen LogP contribution in [0.15, 0.2) is 0 Å². The van der Waals surface area contributed by atoms with Crippen molar-refractivity contribution < 1.29 is 13.2 Å². The van der Waals surface area contributed by atoms with Gasteiger partial charge in [0.05, 0.1) is 12.3 Å². The van der Waals surface area contributed by atoms with E-state index in [4.69, 9.17) is 0 Å². The normalized spacial score (nSPS) is 16.8. The van der Waals surface area contributed by atoms with Crippen molar-refractivity contribution in [3.05, 3.63) is 0 Å². The van der Waals surface area contributed by atoms with E-state index in [0.29, 0.717) is 19.5 Å². The highest BCUT2D eigenvalue weighted by Gasteiger charge is 2.25. The maximum atomic E-state index is 12.4. The van der Waals surface area contributed by atoms with Crippen LogP contribution in [-0.4, -0.2) is 81.0 Å². The van der Waals surface area contributed by atoms with Gasteiger partial charge >= 0.3 is 0 Å². The van der Waals surface area contributed by atoms with Crippen LogP contribution in [0.1, 0.15) is 26.2 Å². The number of likely N-dealkylation sites (N-methyl/N-ethyl adjacent to an activating group) is 1. The minimum Gasteiger partial charge on any atom is -0.348 e. The Bertz CT molecular complexity index is 403. The third-order valence-electron chi connectivity index (χ3n) is 3.54. The number of amides is 1. The second kappa shape index (κ2) is 7.95. The van der Waals surface area contributed by atoms with Crippen molar-refractivity contribution in [1.82, 2.24) is 14.1 Å². The SMILES string of the molecule is CCCN(CC(=O)N(C)C)S(=O)(=O)CCN1CCCC1. The summed E-state index contributed by atoms with van der Waals surface area (Å²) in [5, 5.41) is 0. The summed E-state index contributed by atoms with van der Waals surface area (Å²) in [6, 6.07) is 0. The van der Waals surface area contributed by atoms with E-state index in [1.54, 1.807) is 14.1 Å². The largest absolute Gasteiger partial charge is 0.348 e. The molecule has 0 N–H and O–H groups in total. The van der Waals surface area contributed by atoms with E-state index in [-0.39, 0.29) is 18.2 Å². The lowest BCUT2D eigenvalue weighted by Crippen LogP contribution is -2.43. The summed E-state index contributed by atoms with van der Waals surface area (Å²) >= 11 is 0. The second-order valence-corrected chi connectivity index (χ2v) is 7.57. The smallest absolute Gasteiger partial charge is 0.237 e. The van der Waals surface area contributed by atoms with Gasteiger partial charge in [0.1, 0.15) is 0 Å². The van der Waals surface area contributed by atoms with Gasteiger partial charge in [0.2, 0.25) is 15.9 Å². The Morgan fingerprint density at radius 3 is 2.30 bits per heavy atom. The first-order valence-electron chi connectivity index (χ1n) is 7.27. The van der Waals surface area contributed by atoms with Crippen molar-refractivity contribution in [3.63, 3.8) is 0 Å². The van der Waals surface area contributed by atoms with Crippen LogP contribution in [0, 0.1) is 0 Å². The number of likely N-dealkylation sites (tertiary alicyclic amines) is 1. The lowest BCUT2D eigenvalue weighted by atomic mass is 10.4. The highest BCUT2D eigenvalue weighted by molar-refractivity contribution is 7.89. The van der Waals surface area contributed by atoms with Crippen LogP contribution in [0.2, 0.25) is 0 Å². The number of carbonyl (C=O) groups is 1. The van der Waals surface area contributed by atoms with Crippen LogP contribution in [0.4, 0.5) is 0 Å². The number of sulfonamides is 1. The molecule has 20 heavy (non-hydrogen) atoms. The quantitative estimate of drug-likeness (QED) is 0.643. The number of carbonyl (C=O) groups excluding carboxylic acids is 1. The highest BCUT2D eigenvalue weighted by atomic mass is 32.2. The van der Waals surface area contributed by atoms with E-state index >= 15 is 0 Å². The third-order valence-corrected chi connectivity index (χ3v) is 5.34. The van der Waals surface area contributed by atoms with Crippen LogP contribution in [0.3, 0.4) is 0 Å². The minimum absolute atomic E-state index is 0.0524. The van der Waals surface area contributed by atoms with Crippen LogP contribution in [-0.2, 0) is 14.8 Å². The van der Waals surface area contributed by atoms with Crippen molar-refractivity contribution in [1.29, 1.82) is 0 Å². The molecule has 0 saturated carbocycles. The molecule has 118 valence electrons. The van der Waals surface area contributed by atoms with Crippen LogP contribution < -0.4 is 0 Å². The fraction of sp³-hybridized carbons (Fsp3) is 0.923. The summed E-state index contributed by atoms with van der Waals surface area (Å²) in [5.41, 5.74) is 0. The summed E-state index contributed by atoms with van der Waals surface area (Å²) in [7, 11) is -0.0721. The molecule has 0 aliphatic carbocycles. The highest BCUT2D eigenvalue weighted by Crippen LogP contribution is 2.09. The molecule has 0 spiro atoms. The lowest BCUT2D eigenvalue weighted by molar-refractivity contribution is -0.128. The van der Waals surface area contributed by atoms with Gasteiger partial charge in [-0.1, -0.05) is 6.92 Å². The van der Waals surface area contributed by atoms with E-state index in [0.717, 1.165) is 25.9 Å². The number of hydrogen-bond donors (Lipinski definition) is 0. The molecule has 0 aromatic heterocycles. The second-order valence-electron chi connectivity index (χ2n) is 5.49. The standard InChI is InChI=1S/C13H27N3O3S/c1-4-7-16(12-13(17)14(2)3)20(18,19)11-10-15-8-5-6-9-15/h4-12H2,1-3H3. The Balaban J connectivity index is 2.59. The number of nitrogens with zero attached hydrogens (tertiary/aromatic N) is 3. The zero-order valence-electron chi connectivity index (χ0n) is 12.8. The van der Waals surface area contributed by atoms with Gasteiger partial charge in [-0.15, -0.1) is 0 Å². The monoisotopic (exact) mass is 305 g/mol. The molecule has 0 aromatic carbocycles. The Morgan fingerprint density at radius 2 is 1.80 bits per heavy atom. The van der Waals surface area contributed by atoms with Gasteiger partial charge in [-0.25, -0.2) is 8.42 Å². The summed E-state index contributed by atoms with van der Waals surface area (Å²) in [6.07, 6.45) is 3.01. The topological polar surface area (TPSA) is 60.9 Å². The predicted octanol–water partition coefficient (Wildman–Crippen LogP) is 0.212. The average molecular weight is 305 g/mol. The molecular weight excluding hydrogens is 278 g/mol. The molecule has 1 rings (SSSR count). The Morgan fingerprint density at radius 1 is 1.20 bits per heavy atom. The van der Waals surface area contributed by atoms with E-state index in [1.807, 2.05) is 6.92 Å².